The highest BCUT2D eigenvalue weighted by Gasteiger charge is 2.45. The van der Waals surface area contributed by atoms with E-state index in [1.807, 2.05) is 12.2 Å². The van der Waals surface area contributed by atoms with Crippen molar-refractivity contribution >= 4 is 35.8 Å². The minimum Gasteiger partial charge on any atom is -0.374 e. The fourth-order valence-corrected chi connectivity index (χ4v) is 7.39. The summed E-state index contributed by atoms with van der Waals surface area (Å²) in [6.07, 6.45) is 16.8. The van der Waals surface area contributed by atoms with Gasteiger partial charge >= 0.3 is 0 Å². The fourth-order valence-electron chi connectivity index (χ4n) is 7.39. The molecule has 2 aromatic heterocycles. The Hall–Kier alpha value is -3.60. The van der Waals surface area contributed by atoms with Crippen molar-refractivity contribution in [1.82, 2.24) is 15.3 Å². The number of hydrogen-bond donors (Lipinski definition) is 3. The molecule has 2 aromatic rings. The molecule has 0 saturated heterocycles. The highest BCUT2D eigenvalue weighted by molar-refractivity contribution is 6.32. The van der Waals surface area contributed by atoms with Gasteiger partial charge in [-0.3, -0.25) is 4.79 Å². The number of allylic oxidation sites excluding steroid dienone is 2. The highest BCUT2D eigenvalue weighted by Crippen LogP contribution is 2.40. The Morgan fingerprint density at radius 2 is 1.41 bits per heavy atom. The number of nitrogens with zero attached hydrogens (tertiary/aromatic N) is 1. The number of carbonyl (C=O) groups excluding carboxylic acids is 1. The second-order valence-corrected chi connectivity index (χ2v) is 11.4. The Balaban J connectivity index is 1.91. The van der Waals surface area contributed by atoms with Crippen LogP contribution >= 0.6 is 0 Å². The molecule has 1 unspecified atom stereocenters. The smallest absolute Gasteiger partial charge is 0.193 e. The molecule has 0 aromatic carbocycles. The van der Waals surface area contributed by atoms with Gasteiger partial charge in [0.25, 0.3) is 0 Å². The van der Waals surface area contributed by atoms with Crippen LogP contribution in [0.15, 0.2) is 40.2 Å². The molecule has 0 fully saturated rings. The third-order valence-corrected chi connectivity index (χ3v) is 9.68. The lowest BCUT2D eigenvalue weighted by molar-refractivity contribution is -0.121. The summed E-state index contributed by atoms with van der Waals surface area (Å²) in [6.45, 7) is 19.5. The number of ketones is 1. The number of rotatable bonds is 8. The van der Waals surface area contributed by atoms with E-state index in [4.69, 9.17) is 4.99 Å². The first kappa shape index (κ1) is 28.9. The molecule has 5 heterocycles. The molecule has 8 bridgehead atoms. The third kappa shape index (κ3) is 4.45. The number of fused-ring (bicyclic) bond motifs is 7. The van der Waals surface area contributed by atoms with Crippen molar-refractivity contribution in [1.29, 1.82) is 0 Å². The molecule has 3 aliphatic heterocycles. The van der Waals surface area contributed by atoms with Gasteiger partial charge in [0, 0.05) is 27.8 Å². The van der Waals surface area contributed by atoms with E-state index in [0.29, 0.717) is 5.70 Å². The van der Waals surface area contributed by atoms with Crippen LogP contribution in [0.3, 0.4) is 0 Å². The third-order valence-electron chi connectivity index (χ3n) is 9.68. The number of aromatic amines is 2. The lowest BCUT2D eigenvalue weighted by Gasteiger charge is -2.24. The van der Waals surface area contributed by atoms with Crippen LogP contribution in [0.25, 0.3) is 24.3 Å². The zero-order valence-corrected chi connectivity index (χ0v) is 26.0. The molecule has 3 N–H and O–H groups in total. The number of hydrogen-bond acceptors (Lipinski definition) is 3. The van der Waals surface area contributed by atoms with Crippen molar-refractivity contribution in [3.05, 3.63) is 79.5 Å². The largest absolute Gasteiger partial charge is 0.374 e. The van der Waals surface area contributed by atoms with Gasteiger partial charge in [0.15, 0.2) is 5.78 Å². The second-order valence-electron chi connectivity index (χ2n) is 11.4. The number of Topliss-reactive ketones (excluding diaryl/α,β-unsaturated/α-hetero) is 1. The van der Waals surface area contributed by atoms with E-state index >= 15 is 0 Å². The van der Waals surface area contributed by atoms with Gasteiger partial charge in [-0.15, -0.1) is 0 Å². The van der Waals surface area contributed by atoms with E-state index in [-0.39, 0.29) is 11.8 Å². The van der Waals surface area contributed by atoms with Crippen molar-refractivity contribution in [3.63, 3.8) is 0 Å². The number of H-pyrrole nitrogens is 2. The Morgan fingerprint density at radius 3 is 1.98 bits per heavy atom. The minimum atomic E-state index is -0.610. The van der Waals surface area contributed by atoms with E-state index in [2.05, 4.69) is 88.6 Å². The predicted octanol–water partition coefficient (Wildman–Crippen LogP) is 6.24. The van der Waals surface area contributed by atoms with E-state index < -0.39 is 5.41 Å². The summed E-state index contributed by atoms with van der Waals surface area (Å²) in [4.78, 5) is 26.7. The van der Waals surface area contributed by atoms with Gasteiger partial charge in [-0.05, 0) is 103 Å². The van der Waals surface area contributed by atoms with Crippen LogP contribution in [0.1, 0.15) is 101 Å². The average molecular weight is 551 g/mol. The van der Waals surface area contributed by atoms with Gasteiger partial charge in [0.05, 0.1) is 17.2 Å². The monoisotopic (exact) mass is 550 g/mol. The first-order valence-electron chi connectivity index (χ1n) is 15.7. The van der Waals surface area contributed by atoms with Crippen LogP contribution in [-0.2, 0) is 30.5 Å². The Morgan fingerprint density at radius 1 is 0.805 bits per heavy atom. The number of carbonyl (C=O) groups is 1. The molecule has 0 saturated carbocycles. The van der Waals surface area contributed by atoms with Crippen molar-refractivity contribution in [3.8, 4) is 0 Å². The average Bonchev–Trinajstić information content (AvgIpc) is 3.67. The summed E-state index contributed by atoms with van der Waals surface area (Å²) in [5.41, 5.74) is 11.7. The molecular formula is C36H46N4O. The molecule has 41 heavy (non-hydrogen) atoms. The quantitative estimate of drug-likeness (QED) is 0.364. The van der Waals surface area contributed by atoms with E-state index in [9.17, 15) is 4.79 Å². The van der Waals surface area contributed by atoms with Crippen LogP contribution in [0.5, 0.6) is 0 Å². The zero-order valence-electron chi connectivity index (χ0n) is 26.0. The summed E-state index contributed by atoms with van der Waals surface area (Å²) in [5.74, 6) is 0.130. The maximum Gasteiger partial charge on any atom is 0.193 e. The van der Waals surface area contributed by atoms with Crippen LogP contribution in [0.2, 0.25) is 0 Å². The number of aliphatic imine (C=N–C) groups is 1. The summed E-state index contributed by atoms with van der Waals surface area (Å²) in [5, 5.41) is 6.06. The van der Waals surface area contributed by atoms with Crippen LogP contribution < -0.4 is 16.0 Å². The molecule has 0 aliphatic carbocycles. The van der Waals surface area contributed by atoms with Crippen LogP contribution in [0.4, 0.5) is 0 Å². The van der Waals surface area contributed by atoms with Gasteiger partial charge in [-0.1, -0.05) is 61.1 Å². The summed E-state index contributed by atoms with van der Waals surface area (Å²) >= 11 is 0. The second kappa shape index (κ2) is 11.3. The molecule has 5 rings (SSSR count). The predicted molar refractivity (Wildman–Crippen MR) is 173 cm³/mol. The molecule has 3 aliphatic rings. The van der Waals surface area contributed by atoms with Crippen LogP contribution in [-0.4, -0.2) is 27.5 Å². The van der Waals surface area contributed by atoms with E-state index in [1.54, 1.807) is 0 Å². The van der Waals surface area contributed by atoms with Gasteiger partial charge in [-0.2, -0.15) is 0 Å². The number of aromatic nitrogens is 2. The molecule has 1 atom stereocenters. The summed E-state index contributed by atoms with van der Waals surface area (Å²) < 4.78 is 0. The molecule has 0 radical (unpaired) electrons. The zero-order chi connectivity index (χ0) is 29.5. The molecule has 0 amide bonds. The standard InChI is InChI=1S/C36H46N4O/c1-9-21-22(10-2)28-18-30-25(13-5)26(14-6)32(39-30)20-34-36(15-7,16-8)35(41)33(40-34)19-31-24(12-4)23(11-3)29(38-31)17-27(21)37-28/h9,17-20,28,37-39H,1,10-16H2,2-8H3/b27-17-,30-18-,32-20-,33-19-. The molecule has 5 nitrogen and oxygen atoms in total. The van der Waals surface area contributed by atoms with Gasteiger partial charge in [0.1, 0.15) is 5.70 Å². The Bertz CT molecular complexity index is 1650. The SMILES string of the molecule is C=CC1=C(CC)C2/C=c3\[nH]/c(c(CC)c3CC)=C\C3=NC(=C\c4[nH]c(c(CC)c4CC)/C=C/1N2)/C(=O)C3(CC)CC. The topological polar surface area (TPSA) is 73.0 Å². The van der Waals surface area contributed by atoms with Crippen molar-refractivity contribution in [2.45, 2.75) is 99.5 Å². The Labute approximate surface area is 245 Å². The maximum atomic E-state index is 14.1. The first-order chi connectivity index (χ1) is 19.8. The lowest BCUT2D eigenvalue weighted by Crippen LogP contribution is -2.34. The maximum absolute atomic E-state index is 14.1. The van der Waals surface area contributed by atoms with Gasteiger partial charge in [0.2, 0.25) is 0 Å². The number of nitrogens with one attached hydrogen (secondary N) is 3. The summed E-state index contributed by atoms with van der Waals surface area (Å²) in [7, 11) is 0. The minimum absolute atomic E-state index is 0.0705. The highest BCUT2D eigenvalue weighted by atomic mass is 16.1. The van der Waals surface area contributed by atoms with Crippen LogP contribution in [0, 0.1) is 5.41 Å². The van der Waals surface area contributed by atoms with Crippen molar-refractivity contribution in [2.24, 2.45) is 10.4 Å². The molecular weight excluding hydrogens is 504 g/mol. The molecule has 216 valence electrons. The lowest BCUT2D eigenvalue weighted by atomic mass is 9.75. The molecule has 5 heteroatoms. The van der Waals surface area contributed by atoms with E-state index in [1.165, 1.54) is 33.4 Å². The van der Waals surface area contributed by atoms with Crippen molar-refractivity contribution < 1.29 is 4.79 Å². The Kier molecular flexibility index (Phi) is 8.00. The fraction of sp³-hybridized carbons (Fsp3) is 0.444. The summed E-state index contributed by atoms with van der Waals surface area (Å²) in [6, 6.07) is 0.0705. The van der Waals surface area contributed by atoms with Gasteiger partial charge < -0.3 is 15.3 Å². The normalized spacial score (nSPS) is 23.5. The van der Waals surface area contributed by atoms with Crippen molar-refractivity contribution in [2.75, 3.05) is 0 Å². The van der Waals surface area contributed by atoms with E-state index in [0.717, 1.165) is 78.4 Å². The molecule has 0 spiro atoms. The first-order valence-corrected chi connectivity index (χ1v) is 15.7. The van der Waals surface area contributed by atoms with Gasteiger partial charge in [-0.25, -0.2) is 4.99 Å².